The molecule has 104 valence electrons. The number of aromatic nitrogens is 1. The van der Waals surface area contributed by atoms with Crippen molar-refractivity contribution in [2.24, 2.45) is 5.92 Å². The number of carbonyl (C=O) groups is 1. The Morgan fingerprint density at radius 1 is 1.32 bits per heavy atom. The quantitative estimate of drug-likeness (QED) is 0.819. The Morgan fingerprint density at radius 3 is 2.79 bits per heavy atom. The molecule has 19 heavy (non-hydrogen) atoms. The van der Waals surface area contributed by atoms with Crippen LogP contribution in [-0.4, -0.2) is 22.1 Å². The summed E-state index contributed by atoms with van der Waals surface area (Å²) in [6.07, 6.45) is 6.19. The van der Waals surface area contributed by atoms with Gasteiger partial charge in [0.25, 0.3) is 0 Å². The number of nitrogens with one attached hydrogen (secondary N) is 1. The molecule has 4 heteroatoms. The molecule has 1 heterocycles. The molecular weight excluding hydrogens is 240 g/mol. The van der Waals surface area contributed by atoms with Gasteiger partial charge >= 0.3 is 5.97 Å². The van der Waals surface area contributed by atoms with Crippen LogP contribution in [0.15, 0.2) is 12.1 Å². The summed E-state index contributed by atoms with van der Waals surface area (Å²) in [7, 11) is 0. The number of carboxylic acid groups (broad SMARTS) is 1. The van der Waals surface area contributed by atoms with E-state index < -0.39 is 5.97 Å². The highest BCUT2D eigenvalue weighted by Gasteiger charge is 2.20. The van der Waals surface area contributed by atoms with E-state index in [4.69, 9.17) is 5.11 Å². The van der Waals surface area contributed by atoms with Crippen molar-refractivity contribution in [2.75, 3.05) is 5.32 Å². The van der Waals surface area contributed by atoms with Crippen LogP contribution in [0.5, 0.6) is 0 Å². The van der Waals surface area contributed by atoms with Gasteiger partial charge < -0.3 is 10.4 Å². The van der Waals surface area contributed by atoms with Gasteiger partial charge in [-0.2, -0.15) is 0 Å². The first-order valence-electron chi connectivity index (χ1n) is 7.05. The van der Waals surface area contributed by atoms with Crippen LogP contribution in [0.2, 0.25) is 0 Å². The third-order valence-corrected chi connectivity index (χ3v) is 3.90. The zero-order valence-electron chi connectivity index (χ0n) is 11.6. The van der Waals surface area contributed by atoms with Crippen LogP contribution < -0.4 is 5.32 Å². The smallest absolute Gasteiger partial charge is 0.335 e. The van der Waals surface area contributed by atoms with Crippen LogP contribution in [0.4, 0.5) is 5.82 Å². The van der Waals surface area contributed by atoms with Gasteiger partial charge in [-0.15, -0.1) is 0 Å². The number of anilines is 1. The van der Waals surface area contributed by atoms with Crippen LogP contribution in [0.1, 0.15) is 55.1 Å². The van der Waals surface area contributed by atoms with Gasteiger partial charge in [0.15, 0.2) is 0 Å². The largest absolute Gasteiger partial charge is 0.478 e. The highest BCUT2D eigenvalue weighted by molar-refractivity contribution is 5.88. The van der Waals surface area contributed by atoms with Crippen molar-refractivity contribution >= 4 is 11.8 Å². The lowest BCUT2D eigenvalue weighted by molar-refractivity contribution is 0.0696. The SMILES string of the molecule is Cc1cc(C(=O)O)cc(NC2CCCCCC2C)n1. The van der Waals surface area contributed by atoms with Crippen molar-refractivity contribution in [3.8, 4) is 0 Å². The summed E-state index contributed by atoms with van der Waals surface area (Å²) in [6.45, 7) is 4.09. The average Bonchev–Trinajstić information content (AvgIpc) is 2.54. The molecule has 1 aromatic rings. The maximum Gasteiger partial charge on any atom is 0.335 e. The summed E-state index contributed by atoms with van der Waals surface area (Å²) < 4.78 is 0. The lowest BCUT2D eigenvalue weighted by Gasteiger charge is -2.23. The summed E-state index contributed by atoms with van der Waals surface area (Å²) >= 11 is 0. The maximum absolute atomic E-state index is 11.1. The number of aryl methyl sites for hydroxylation is 1. The lowest BCUT2D eigenvalue weighted by atomic mass is 9.97. The molecule has 1 fully saturated rings. The Kier molecular flexibility index (Phi) is 4.40. The highest BCUT2D eigenvalue weighted by Crippen LogP contribution is 2.25. The monoisotopic (exact) mass is 262 g/mol. The minimum Gasteiger partial charge on any atom is -0.478 e. The Hall–Kier alpha value is -1.58. The normalized spacial score (nSPS) is 23.7. The van der Waals surface area contributed by atoms with Crippen molar-refractivity contribution in [3.05, 3.63) is 23.4 Å². The molecule has 2 N–H and O–H groups in total. The van der Waals surface area contributed by atoms with Gasteiger partial charge in [-0.25, -0.2) is 9.78 Å². The Labute approximate surface area is 114 Å². The zero-order valence-corrected chi connectivity index (χ0v) is 11.6. The fraction of sp³-hybridized carbons (Fsp3) is 0.600. The van der Waals surface area contributed by atoms with E-state index >= 15 is 0 Å². The van der Waals surface area contributed by atoms with Crippen molar-refractivity contribution < 1.29 is 9.90 Å². The number of hydrogen-bond acceptors (Lipinski definition) is 3. The van der Waals surface area contributed by atoms with Gasteiger partial charge in [-0.05, 0) is 37.8 Å². The van der Waals surface area contributed by atoms with Gasteiger partial charge in [-0.3, -0.25) is 0 Å². The first-order valence-corrected chi connectivity index (χ1v) is 7.05. The van der Waals surface area contributed by atoms with Crippen LogP contribution in [-0.2, 0) is 0 Å². The lowest BCUT2D eigenvalue weighted by Crippen LogP contribution is -2.27. The summed E-state index contributed by atoms with van der Waals surface area (Å²) in [4.78, 5) is 15.5. The molecule has 0 bridgehead atoms. The van der Waals surface area contributed by atoms with Crippen molar-refractivity contribution in [1.29, 1.82) is 0 Å². The molecule has 0 aromatic carbocycles. The third-order valence-electron chi connectivity index (χ3n) is 3.90. The van der Waals surface area contributed by atoms with E-state index in [1.807, 2.05) is 6.92 Å². The molecule has 4 nitrogen and oxygen atoms in total. The van der Waals surface area contributed by atoms with E-state index in [1.54, 1.807) is 12.1 Å². The molecule has 2 unspecified atom stereocenters. The van der Waals surface area contributed by atoms with E-state index in [0.29, 0.717) is 23.3 Å². The van der Waals surface area contributed by atoms with Crippen molar-refractivity contribution in [2.45, 2.75) is 52.0 Å². The molecule has 0 amide bonds. The molecule has 1 aliphatic carbocycles. The number of aromatic carboxylic acids is 1. The number of pyridine rings is 1. The Morgan fingerprint density at radius 2 is 2.05 bits per heavy atom. The molecule has 0 saturated heterocycles. The summed E-state index contributed by atoms with van der Waals surface area (Å²) in [6, 6.07) is 3.63. The van der Waals surface area contributed by atoms with Crippen LogP contribution in [0.25, 0.3) is 0 Å². The molecule has 1 saturated carbocycles. The topological polar surface area (TPSA) is 62.2 Å². The molecule has 1 aromatic heterocycles. The number of rotatable bonds is 3. The molecule has 0 radical (unpaired) electrons. The van der Waals surface area contributed by atoms with Crippen LogP contribution in [0, 0.1) is 12.8 Å². The van der Waals surface area contributed by atoms with E-state index in [1.165, 1.54) is 25.7 Å². The van der Waals surface area contributed by atoms with Gasteiger partial charge in [0.05, 0.1) is 5.56 Å². The van der Waals surface area contributed by atoms with Crippen molar-refractivity contribution in [1.82, 2.24) is 4.98 Å². The molecule has 1 aliphatic rings. The van der Waals surface area contributed by atoms with E-state index in [2.05, 4.69) is 17.2 Å². The van der Waals surface area contributed by atoms with E-state index in [0.717, 1.165) is 12.1 Å². The number of nitrogens with zero attached hydrogens (tertiary/aromatic N) is 1. The Bertz CT molecular complexity index is 459. The predicted molar refractivity (Wildman–Crippen MR) is 75.6 cm³/mol. The third kappa shape index (κ3) is 3.69. The number of carboxylic acids is 1. The van der Waals surface area contributed by atoms with Gasteiger partial charge in [0, 0.05) is 11.7 Å². The second-order valence-corrected chi connectivity index (χ2v) is 5.55. The fourth-order valence-electron chi connectivity index (χ4n) is 2.76. The maximum atomic E-state index is 11.1. The molecular formula is C15H22N2O2. The van der Waals surface area contributed by atoms with Gasteiger partial charge in [0.1, 0.15) is 5.82 Å². The number of hydrogen-bond donors (Lipinski definition) is 2. The summed E-state index contributed by atoms with van der Waals surface area (Å²) in [5.74, 6) is 0.400. The summed E-state index contributed by atoms with van der Waals surface area (Å²) in [5.41, 5.74) is 1.04. The minimum absolute atomic E-state index is 0.302. The summed E-state index contributed by atoms with van der Waals surface area (Å²) in [5, 5.41) is 12.5. The van der Waals surface area contributed by atoms with Gasteiger partial charge in [0.2, 0.25) is 0 Å². The molecule has 2 atom stereocenters. The minimum atomic E-state index is -0.900. The van der Waals surface area contributed by atoms with Crippen molar-refractivity contribution in [3.63, 3.8) is 0 Å². The molecule has 0 aliphatic heterocycles. The standard InChI is InChI=1S/C15H22N2O2/c1-10-6-4-3-5-7-13(10)17-14-9-12(15(18)19)8-11(2)16-14/h8-10,13H,3-7H2,1-2H3,(H,16,17)(H,18,19). The second kappa shape index (κ2) is 6.04. The first kappa shape index (κ1) is 13.8. The fourth-order valence-corrected chi connectivity index (χ4v) is 2.76. The van der Waals surface area contributed by atoms with Crippen LogP contribution >= 0.6 is 0 Å². The van der Waals surface area contributed by atoms with Crippen LogP contribution in [0.3, 0.4) is 0 Å². The first-order chi connectivity index (χ1) is 9.06. The van der Waals surface area contributed by atoms with E-state index in [-0.39, 0.29) is 0 Å². The Balaban J connectivity index is 2.15. The average molecular weight is 262 g/mol. The molecule has 0 spiro atoms. The highest BCUT2D eigenvalue weighted by atomic mass is 16.4. The van der Waals surface area contributed by atoms with Gasteiger partial charge in [-0.1, -0.05) is 26.2 Å². The second-order valence-electron chi connectivity index (χ2n) is 5.55. The van der Waals surface area contributed by atoms with E-state index in [9.17, 15) is 4.79 Å². The zero-order chi connectivity index (χ0) is 13.8. The molecule has 2 rings (SSSR count). The predicted octanol–water partition coefficient (Wildman–Crippen LogP) is 3.47.